The van der Waals surface area contributed by atoms with Gasteiger partial charge < -0.3 is 33.8 Å². The van der Waals surface area contributed by atoms with Crippen molar-refractivity contribution in [2.45, 2.75) is 426 Å². The molecule has 0 saturated heterocycles. The zero-order chi connectivity index (χ0) is 72.3. The lowest BCUT2D eigenvalue weighted by Crippen LogP contribution is -2.30. The quantitative estimate of drug-likeness (QED) is 0.0222. The standard InChI is InChI=1S/C79H154O17P2/c1-8-10-11-12-13-14-15-16-17-23-26-29-32-39-46-53-60-76(81)89-66-74(95-78(83)62-55-48-40-33-30-27-24-21-19-18-20-22-25-28-31-38-45-52-59-72(7)9-2)68-93-97(85,86)91-64-73(80)65-92-98(87,88)94-69-75(96-79(84)63-56-49-42-35-37-44-51-58-71(5)6)67-90-77(82)61-54-47-41-34-36-43-50-57-70(3)4/h70-75,80H,8-69H2,1-7H3,(H,85,86)(H,87,88)/t72?,73-,74-,75-/m1/s1. The van der Waals surface area contributed by atoms with E-state index in [9.17, 15) is 43.2 Å². The molecular formula is C79H154O17P2. The van der Waals surface area contributed by atoms with Crippen LogP contribution in [0.2, 0.25) is 0 Å². The van der Waals surface area contributed by atoms with Gasteiger partial charge in [-0.1, -0.05) is 357 Å². The molecule has 0 radical (unpaired) electrons. The zero-order valence-electron chi connectivity index (χ0n) is 64.3. The fourth-order valence-electron chi connectivity index (χ4n) is 12.1. The van der Waals surface area contributed by atoms with E-state index in [4.69, 9.17) is 37.0 Å². The van der Waals surface area contributed by atoms with Crippen LogP contribution in [0.4, 0.5) is 0 Å². The van der Waals surface area contributed by atoms with Gasteiger partial charge in [0.1, 0.15) is 19.3 Å². The summed E-state index contributed by atoms with van der Waals surface area (Å²) in [6.07, 6.45) is 57.2. The lowest BCUT2D eigenvalue weighted by molar-refractivity contribution is -0.161. The molecule has 0 aromatic heterocycles. The summed E-state index contributed by atoms with van der Waals surface area (Å²) in [4.78, 5) is 72.8. The number of aliphatic hydroxyl groups is 1. The molecular weight excluding hydrogens is 1280 g/mol. The number of aliphatic hydroxyl groups excluding tert-OH is 1. The Hall–Kier alpha value is -1.94. The molecule has 0 heterocycles. The van der Waals surface area contributed by atoms with Gasteiger partial charge in [0.05, 0.1) is 26.4 Å². The molecule has 0 spiro atoms. The largest absolute Gasteiger partial charge is 0.472 e. The number of phosphoric ester groups is 2. The average molecular weight is 1440 g/mol. The zero-order valence-corrected chi connectivity index (χ0v) is 66.0. The van der Waals surface area contributed by atoms with Gasteiger partial charge >= 0.3 is 39.5 Å². The fraction of sp³-hybridized carbons (Fsp3) is 0.949. The summed E-state index contributed by atoms with van der Waals surface area (Å²) in [5, 5.41) is 10.6. The van der Waals surface area contributed by atoms with Gasteiger partial charge in [-0.2, -0.15) is 0 Å². The molecule has 0 aromatic carbocycles. The molecule has 0 amide bonds. The fourth-order valence-corrected chi connectivity index (χ4v) is 13.7. The van der Waals surface area contributed by atoms with Crippen molar-refractivity contribution in [3.63, 3.8) is 0 Å². The number of ether oxygens (including phenoxy) is 4. The first-order valence-electron chi connectivity index (χ1n) is 40.9. The third-order valence-electron chi connectivity index (χ3n) is 18.7. The summed E-state index contributed by atoms with van der Waals surface area (Å²) in [6, 6.07) is 0. The van der Waals surface area contributed by atoms with Crippen molar-refractivity contribution in [2.24, 2.45) is 17.8 Å². The summed E-state index contributed by atoms with van der Waals surface area (Å²) in [7, 11) is -9.91. The van der Waals surface area contributed by atoms with Crippen LogP contribution in [0.25, 0.3) is 0 Å². The predicted octanol–water partition coefficient (Wildman–Crippen LogP) is 23.4. The molecule has 0 aliphatic heterocycles. The summed E-state index contributed by atoms with van der Waals surface area (Å²) < 4.78 is 68.5. The van der Waals surface area contributed by atoms with Crippen LogP contribution in [0, 0.1) is 17.8 Å². The van der Waals surface area contributed by atoms with Crippen molar-refractivity contribution < 1.29 is 80.2 Å². The van der Waals surface area contributed by atoms with Crippen molar-refractivity contribution in [3.05, 3.63) is 0 Å². The van der Waals surface area contributed by atoms with Gasteiger partial charge in [0, 0.05) is 25.7 Å². The molecule has 19 heteroatoms. The second-order valence-electron chi connectivity index (χ2n) is 29.6. The van der Waals surface area contributed by atoms with Crippen LogP contribution in [0.3, 0.4) is 0 Å². The Morgan fingerprint density at radius 3 is 0.776 bits per heavy atom. The number of hydrogen-bond acceptors (Lipinski definition) is 15. The number of carbonyl (C=O) groups excluding carboxylic acids is 4. The average Bonchev–Trinajstić information content (AvgIpc) is 1.04. The van der Waals surface area contributed by atoms with Crippen LogP contribution in [0.1, 0.15) is 408 Å². The molecule has 0 bridgehead atoms. The van der Waals surface area contributed by atoms with Gasteiger partial charge in [-0.15, -0.1) is 0 Å². The summed E-state index contributed by atoms with van der Waals surface area (Å²) >= 11 is 0. The lowest BCUT2D eigenvalue weighted by Gasteiger charge is -2.21. The third kappa shape index (κ3) is 71.1. The summed E-state index contributed by atoms with van der Waals surface area (Å²) in [5.74, 6) is 0.154. The molecule has 6 atom stereocenters. The predicted molar refractivity (Wildman–Crippen MR) is 400 cm³/mol. The van der Waals surface area contributed by atoms with E-state index in [0.29, 0.717) is 37.5 Å². The van der Waals surface area contributed by atoms with Crippen LogP contribution in [-0.4, -0.2) is 96.7 Å². The van der Waals surface area contributed by atoms with Gasteiger partial charge in [0.15, 0.2) is 12.2 Å². The minimum Gasteiger partial charge on any atom is -0.462 e. The molecule has 582 valence electrons. The SMILES string of the molecule is CCCCCCCCCCCCCCCCCCC(=O)OC[C@H](COP(=O)(O)OC[C@@H](O)COP(=O)(O)OC[C@@H](COC(=O)CCCCCCCCCC(C)C)OC(=O)CCCCCCCCCC(C)C)OC(=O)CCCCCCCCCCCCCCCCCCCCC(C)CC. The number of hydrogen-bond donors (Lipinski definition) is 3. The second-order valence-corrected chi connectivity index (χ2v) is 32.6. The van der Waals surface area contributed by atoms with Crippen molar-refractivity contribution in [3.8, 4) is 0 Å². The van der Waals surface area contributed by atoms with Gasteiger partial charge in [-0.25, -0.2) is 9.13 Å². The molecule has 0 saturated carbocycles. The van der Waals surface area contributed by atoms with Crippen molar-refractivity contribution >= 4 is 39.5 Å². The second kappa shape index (κ2) is 69.4. The van der Waals surface area contributed by atoms with Crippen LogP contribution in [-0.2, 0) is 65.4 Å². The number of phosphoric acid groups is 2. The highest BCUT2D eigenvalue weighted by molar-refractivity contribution is 7.47. The first kappa shape index (κ1) is 96.1. The van der Waals surface area contributed by atoms with Crippen LogP contribution in [0.5, 0.6) is 0 Å². The molecule has 3 unspecified atom stereocenters. The minimum absolute atomic E-state index is 0.103. The monoisotopic (exact) mass is 1440 g/mol. The van der Waals surface area contributed by atoms with Crippen molar-refractivity contribution in [1.29, 1.82) is 0 Å². The highest BCUT2D eigenvalue weighted by atomic mass is 31.2. The van der Waals surface area contributed by atoms with Gasteiger partial charge in [-0.3, -0.25) is 37.3 Å². The molecule has 17 nitrogen and oxygen atoms in total. The van der Waals surface area contributed by atoms with Crippen LogP contribution >= 0.6 is 15.6 Å². The molecule has 0 aromatic rings. The number of rotatable bonds is 77. The van der Waals surface area contributed by atoms with E-state index in [1.807, 2.05) is 0 Å². The first-order valence-corrected chi connectivity index (χ1v) is 43.9. The Morgan fingerprint density at radius 1 is 0.296 bits per heavy atom. The van der Waals surface area contributed by atoms with E-state index in [1.54, 1.807) is 0 Å². The number of esters is 4. The molecule has 98 heavy (non-hydrogen) atoms. The van der Waals surface area contributed by atoms with Gasteiger partial charge in [-0.05, 0) is 43.4 Å². The normalized spacial score (nSPS) is 14.3. The Kier molecular flexibility index (Phi) is 68.1. The van der Waals surface area contributed by atoms with Crippen molar-refractivity contribution in [2.75, 3.05) is 39.6 Å². The Balaban J connectivity index is 5.19. The number of unbranched alkanes of at least 4 members (excludes halogenated alkanes) is 44. The highest BCUT2D eigenvalue weighted by Gasteiger charge is 2.30. The molecule has 0 aliphatic carbocycles. The molecule has 3 N–H and O–H groups in total. The Labute approximate surface area is 600 Å². The molecule has 0 rings (SSSR count). The Morgan fingerprint density at radius 2 is 0.520 bits per heavy atom. The first-order chi connectivity index (χ1) is 47.3. The lowest BCUT2D eigenvalue weighted by atomic mass is 9.99. The van der Waals surface area contributed by atoms with E-state index in [-0.39, 0.29) is 25.7 Å². The van der Waals surface area contributed by atoms with E-state index >= 15 is 0 Å². The van der Waals surface area contributed by atoms with Crippen LogP contribution < -0.4 is 0 Å². The third-order valence-corrected chi connectivity index (χ3v) is 20.6. The number of carbonyl (C=O) groups is 4. The topological polar surface area (TPSA) is 237 Å². The molecule has 0 aliphatic rings. The maximum atomic E-state index is 13.1. The van der Waals surface area contributed by atoms with Crippen LogP contribution in [0.15, 0.2) is 0 Å². The maximum absolute atomic E-state index is 13.1. The van der Waals surface area contributed by atoms with Crippen molar-refractivity contribution in [1.82, 2.24) is 0 Å². The highest BCUT2D eigenvalue weighted by Crippen LogP contribution is 2.45. The van der Waals surface area contributed by atoms with E-state index in [2.05, 4.69) is 48.5 Å². The summed E-state index contributed by atoms with van der Waals surface area (Å²) in [5.41, 5.74) is 0. The van der Waals surface area contributed by atoms with E-state index in [1.165, 1.54) is 212 Å². The summed E-state index contributed by atoms with van der Waals surface area (Å²) in [6.45, 7) is 11.9. The molecule has 0 fully saturated rings. The smallest absolute Gasteiger partial charge is 0.462 e. The minimum atomic E-state index is -4.96. The van der Waals surface area contributed by atoms with Gasteiger partial charge in [0.25, 0.3) is 0 Å². The maximum Gasteiger partial charge on any atom is 0.472 e. The van der Waals surface area contributed by atoms with E-state index < -0.39 is 97.5 Å². The van der Waals surface area contributed by atoms with E-state index in [0.717, 1.165) is 102 Å². The Bertz CT molecular complexity index is 1910. The van der Waals surface area contributed by atoms with Gasteiger partial charge in [0.2, 0.25) is 0 Å².